The van der Waals surface area contributed by atoms with Crippen LogP contribution < -0.4 is 5.32 Å². The summed E-state index contributed by atoms with van der Waals surface area (Å²) in [6.07, 6.45) is 1.79. The lowest BCUT2D eigenvalue weighted by Crippen LogP contribution is -2.53. The normalized spacial score (nSPS) is 22.0. The number of rotatable bonds is 4. The highest BCUT2D eigenvalue weighted by Crippen LogP contribution is 2.20. The molecule has 7 heteroatoms. The molecule has 2 aliphatic rings. The molecule has 1 N–H and O–H groups in total. The number of nitrogens with zero attached hydrogens (tertiary/aromatic N) is 3. The molecule has 25 heavy (non-hydrogen) atoms. The van der Waals surface area contributed by atoms with Crippen molar-refractivity contribution in [3.63, 3.8) is 0 Å². The first-order valence-corrected chi connectivity index (χ1v) is 10.1. The quantitative estimate of drug-likeness (QED) is 0.887. The molecule has 2 aliphatic heterocycles. The third-order valence-corrected chi connectivity index (χ3v) is 6.06. The van der Waals surface area contributed by atoms with Gasteiger partial charge in [-0.15, -0.1) is 11.3 Å². The topological polar surface area (TPSA) is 55.9 Å². The standard InChI is InChI=1S/C18H28N4O2S/c1-2-20-8-10-21(11-9-20)17(23)15-5-3-7-22(14-15)18(24)19-13-16-6-4-12-25-16/h4,6,12,15H,2-3,5,7-11,13-14H2,1H3,(H,19,24). The minimum Gasteiger partial charge on any atom is -0.340 e. The van der Waals surface area contributed by atoms with Gasteiger partial charge >= 0.3 is 6.03 Å². The van der Waals surface area contributed by atoms with E-state index in [4.69, 9.17) is 0 Å². The van der Waals surface area contributed by atoms with E-state index in [0.29, 0.717) is 13.1 Å². The highest BCUT2D eigenvalue weighted by Gasteiger charge is 2.32. The number of likely N-dealkylation sites (N-methyl/N-ethyl adjacent to an activating group) is 1. The summed E-state index contributed by atoms with van der Waals surface area (Å²) in [5, 5.41) is 4.98. The van der Waals surface area contributed by atoms with Crippen molar-refractivity contribution in [3.8, 4) is 0 Å². The maximum absolute atomic E-state index is 12.8. The van der Waals surface area contributed by atoms with E-state index in [9.17, 15) is 9.59 Å². The molecule has 6 nitrogen and oxygen atoms in total. The predicted molar refractivity (Wildman–Crippen MR) is 99.5 cm³/mol. The van der Waals surface area contributed by atoms with Crippen LogP contribution in [-0.4, -0.2) is 72.5 Å². The number of hydrogen-bond donors (Lipinski definition) is 1. The molecule has 3 rings (SSSR count). The van der Waals surface area contributed by atoms with E-state index in [1.54, 1.807) is 11.3 Å². The maximum atomic E-state index is 12.8. The molecule has 1 aromatic rings. The molecule has 1 atom stereocenters. The summed E-state index contributed by atoms with van der Waals surface area (Å²) in [5.74, 6) is 0.181. The lowest BCUT2D eigenvalue weighted by Gasteiger charge is -2.38. The van der Waals surface area contributed by atoms with Gasteiger partial charge in [0.25, 0.3) is 0 Å². The van der Waals surface area contributed by atoms with Gasteiger partial charge in [0.1, 0.15) is 0 Å². The number of carbonyl (C=O) groups excluding carboxylic acids is 2. The molecule has 0 aliphatic carbocycles. The summed E-state index contributed by atoms with van der Waals surface area (Å²) in [5.41, 5.74) is 0. The highest BCUT2D eigenvalue weighted by molar-refractivity contribution is 7.09. The smallest absolute Gasteiger partial charge is 0.317 e. The van der Waals surface area contributed by atoms with E-state index in [2.05, 4.69) is 17.1 Å². The van der Waals surface area contributed by atoms with Gasteiger partial charge in [-0.25, -0.2) is 4.79 Å². The number of thiophene rings is 1. The summed E-state index contributed by atoms with van der Waals surface area (Å²) in [7, 11) is 0. The second-order valence-corrected chi connectivity index (χ2v) is 7.82. The van der Waals surface area contributed by atoms with Crippen LogP contribution in [0, 0.1) is 5.92 Å². The first kappa shape index (κ1) is 18.2. The lowest BCUT2D eigenvalue weighted by molar-refractivity contribution is -0.138. The van der Waals surface area contributed by atoms with Gasteiger partial charge in [0.15, 0.2) is 0 Å². The highest BCUT2D eigenvalue weighted by atomic mass is 32.1. The van der Waals surface area contributed by atoms with Crippen LogP contribution in [0.1, 0.15) is 24.6 Å². The van der Waals surface area contributed by atoms with Crippen molar-refractivity contribution in [2.24, 2.45) is 5.92 Å². The van der Waals surface area contributed by atoms with Crippen LogP contribution in [0.3, 0.4) is 0 Å². The zero-order chi connectivity index (χ0) is 17.6. The van der Waals surface area contributed by atoms with Crippen molar-refractivity contribution in [1.29, 1.82) is 0 Å². The van der Waals surface area contributed by atoms with E-state index in [-0.39, 0.29) is 17.9 Å². The van der Waals surface area contributed by atoms with Crippen LogP contribution in [0.2, 0.25) is 0 Å². The van der Waals surface area contributed by atoms with Gasteiger partial charge in [-0.2, -0.15) is 0 Å². The zero-order valence-corrected chi connectivity index (χ0v) is 15.8. The van der Waals surface area contributed by atoms with E-state index >= 15 is 0 Å². The van der Waals surface area contributed by atoms with Crippen LogP contribution >= 0.6 is 11.3 Å². The van der Waals surface area contributed by atoms with Crippen molar-refractivity contribution in [2.45, 2.75) is 26.3 Å². The van der Waals surface area contributed by atoms with Gasteiger partial charge in [0.2, 0.25) is 5.91 Å². The Hall–Kier alpha value is -1.60. The number of nitrogens with one attached hydrogen (secondary N) is 1. The largest absolute Gasteiger partial charge is 0.340 e. The number of amides is 3. The molecule has 3 amide bonds. The van der Waals surface area contributed by atoms with Gasteiger partial charge in [-0.3, -0.25) is 4.79 Å². The number of likely N-dealkylation sites (tertiary alicyclic amines) is 1. The fraction of sp³-hybridized carbons (Fsp3) is 0.667. The SMILES string of the molecule is CCN1CCN(C(=O)C2CCCN(C(=O)NCc3cccs3)C2)CC1. The molecular weight excluding hydrogens is 336 g/mol. The minimum absolute atomic E-state index is 0.0468. The Morgan fingerprint density at radius 3 is 2.68 bits per heavy atom. The first-order chi connectivity index (χ1) is 12.2. The fourth-order valence-electron chi connectivity index (χ4n) is 3.59. The second-order valence-electron chi connectivity index (χ2n) is 6.78. The minimum atomic E-state index is -0.0540. The Bertz CT molecular complexity index is 570. The Balaban J connectivity index is 1.48. The number of carbonyl (C=O) groups is 2. The summed E-state index contributed by atoms with van der Waals surface area (Å²) in [6.45, 7) is 8.59. The van der Waals surface area contributed by atoms with Crippen LogP contribution in [0.15, 0.2) is 17.5 Å². The van der Waals surface area contributed by atoms with Gasteiger partial charge in [-0.05, 0) is 30.8 Å². The van der Waals surface area contributed by atoms with Crippen LogP contribution in [0.5, 0.6) is 0 Å². The Morgan fingerprint density at radius 2 is 2.00 bits per heavy atom. The molecule has 2 fully saturated rings. The fourth-order valence-corrected chi connectivity index (χ4v) is 4.24. The molecule has 0 aromatic carbocycles. The molecule has 0 spiro atoms. The van der Waals surface area contributed by atoms with Crippen LogP contribution in [-0.2, 0) is 11.3 Å². The average molecular weight is 365 g/mol. The third-order valence-electron chi connectivity index (χ3n) is 5.18. The molecule has 0 radical (unpaired) electrons. The third kappa shape index (κ3) is 4.73. The molecule has 2 saturated heterocycles. The molecule has 0 bridgehead atoms. The van der Waals surface area contributed by atoms with Gasteiger partial charge in [0.05, 0.1) is 12.5 Å². The van der Waals surface area contributed by atoms with Crippen molar-refractivity contribution in [3.05, 3.63) is 22.4 Å². The van der Waals surface area contributed by atoms with Gasteiger partial charge in [-0.1, -0.05) is 13.0 Å². The van der Waals surface area contributed by atoms with Crippen molar-refractivity contribution >= 4 is 23.3 Å². The first-order valence-electron chi connectivity index (χ1n) is 9.23. The van der Waals surface area contributed by atoms with E-state index in [0.717, 1.165) is 57.0 Å². The molecule has 1 unspecified atom stereocenters. The van der Waals surface area contributed by atoms with Crippen molar-refractivity contribution in [2.75, 3.05) is 45.8 Å². The summed E-state index contributed by atoms with van der Waals surface area (Å²) >= 11 is 1.64. The Labute approximate surface area is 153 Å². The maximum Gasteiger partial charge on any atom is 0.317 e. The van der Waals surface area contributed by atoms with E-state index in [1.807, 2.05) is 27.3 Å². The Morgan fingerprint density at radius 1 is 1.20 bits per heavy atom. The predicted octanol–water partition coefficient (Wildman–Crippen LogP) is 1.83. The molecular formula is C18H28N4O2S. The molecule has 3 heterocycles. The molecule has 0 saturated carbocycles. The summed E-state index contributed by atoms with van der Waals surface area (Å²) < 4.78 is 0. The number of urea groups is 1. The summed E-state index contributed by atoms with van der Waals surface area (Å²) in [4.78, 5) is 32.5. The van der Waals surface area contributed by atoms with Crippen LogP contribution in [0.4, 0.5) is 4.79 Å². The second kappa shape index (κ2) is 8.67. The monoisotopic (exact) mass is 364 g/mol. The van der Waals surface area contributed by atoms with Gasteiger partial charge in [0, 0.05) is 44.1 Å². The number of hydrogen-bond acceptors (Lipinski definition) is 4. The lowest BCUT2D eigenvalue weighted by atomic mass is 9.96. The molecule has 138 valence electrons. The molecule has 1 aromatic heterocycles. The van der Waals surface area contributed by atoms with E-state index < -0.39 is 0 Å². The zero-order valence-electron chi connectivity index (χ0n) is 14.9. The van der Waals surface area contributed by atoms with Crippen molar-refractivity contribution < 1.29 is 9.59 Å². The van der Waals surface area contributed by atoms with E-state index in [1.165, 1.54) is 0 Å². The Kier molecular flexibility index (Phi) is 6.31. The van der Waals surface area contributed by atoms with Gasteiger partial charge < -0.3 is 20.0 Å². The number of piperidine rings is 1. The number of piperazine rings is 1. The van der Waals surface area contributed by atoms with Crippen molar-refractivity contribution in [1.82, 2.24) is 20.0 Å². The average Bonchev–Trinajstić information content (AvgIpc) is 3.19. The summed E-state index contributed by atoms with van der Waals surface area (Å²) in [6, 6.07) is 3.95. The van der Waals surface area contributed by atoms with Crippen LogP contribution in [0.25, 0.3) is 0 Å².